The van der Waals surface area contributed by atoms with Gasteiger partial charge in [-0.25, -0.2) is 4.68 Å². The number of hydrogen-bond acceptors (Lipinski definition) is 4. The number of carbonyl (C=O) groups excluding carboxylic acids is 1. The molecule has 1 aromatic carbocycles. The first-order valence-electron chi connectivity index (χ1n) is 8.03. The summed E-state index contributed by atoms with van der Waals surface area (Å²) in [5.74, 6) is 1.58. The van der Waals surface area contributed by atoms with Gasteiger partial charge < -0.3 is 16.0 Å². The second-order valence-electron chi connectivity index (χ2n) is 5.97. The lowest BCUT2D eigenvalue weighted by molar-refractivity contribution is 0.0954. The molecule has 0 unspecified atom stereocenters. The van der Waals surface area contributed by atoms with Crippen LogP contribution in [-0.2, 0) is 6.54 Å². The quantitative estimate of drug-likeness (QED) is 0.702. The van der Waals surface area contributed by atoms with Crippen molar-refractivity contribution in [2.45, 2.75) is 13.5 Å². The predicted molar refractivity (Wildman–Crippen MR) is 90.6 cm³/mol. The third-order valence-corrected chi connectivity index (χ3v) is 4.05. The molecular weight excluding hydrogens is 290 g/mol. The standard InChI is InChI=1S/C17H23N5O/c1-13-2-4-15(5-3-13)17(23)19-9-8-18-10-14-11-20-16-6-7-21-22(16)12-14/h2-7,14,18,20H,8-12H2,1H3,(H,19,23)/t14-/m1/s1. The van der Waals surface area contributed by atoms with Crippen LogP contribution >= 0.6 is 0 Å². The minimum atomic E-state index is -0.0210. The highest BCUT2D eigenvalue weighted by Crippen LogP contribution is 2.15. The molecular formula is C17H23N5O. The number of benzene rings is 1. The van der Waals surface area contributed by atoms with Gasteiger partial charge in [-0.05, 0) is 19.1 Å². The van der Waals surface area contributed by atoms with Crippen LogP contribution in [0.1, 0.15) is 15.9 Å². The summed E-state index contributed by atoms with van der Waals surface area (Å²) in [5.41, 5.74) is 1.86. The zero-order valence-corrected chi connectivity index (χ0v) is 13.4. The van der Waals surface area contributed by atoms with E-state index in [4.69, 9.17) is 0 Å². The maximum absolute atomic E-state index is 12.0. The van der Waals surface area contributed by atoms with Gasteiger partial charge in [0.15, 0.2) is 0 Å². The lowest BCUT2D eigenvalue weighted by atomic mass is 10.1. The summed E-state index contributed by atoms with van der Waals surface area (Å²) in [6, 6.07) is 9.60. The molecule has 1 aromatic heterocycles. The van der Waals surface area contributed by atoms with E-state index in [9.17, 15) is 4.79 Å². The summed E-state index contributed by atoms with van der Waals surface area (Å²) in [7, 11) is 0. The Balaban J connectivity index is 1.33. The van der Waals surface area contributed by atoms with Crippen LogP contribution in [0.15, 0.2) is 36.5 Å². The number of rotatable bonds is 6. The number of hydrogen-bond donors (Lipinski definition) is 3. The molecule has 0 radical (unpaired) electrons. The van der Waals surface area contributed by atoms with Crippen molar-refractivity contribution in [3.8, 4) is 0 Å². The fourth-order valence-corrected chi connectivity index (χ4v) is 2.70. The molecule has 0 aliphatic carbocycles. The molecule has 2 heterocycles. The van der Waals surface area contributed by atoms with Crippen LogP contribution in [0.5, 0.6) is 0 Å². The first kappa shape index (κ1) is 15.6. The highest BCUT2D eigenvalue weighted by atomic mass is 16.1. The topological polar surface area (TPSA) is 71.0 Å². The molecule has 0 saturated heterocycles. The van der Waals surface area contributed by atoms with E-state index in [0.29, 0.717) is 18.0 Å². The Labute approximate surface area is 136 Å². The third kappa shape index (κ3) is 4.10. The smallest absolute Gasteiger partial charge is 0.251 e. The van der Waals surface area contributed by atoms with Crippen LogP contribution in [0.25, 0.3) is 0 Å². The molecule has 6 nitrogen and oxygen atoms in total. The highest BCUT2D eigenvalue weighted by Gasteiger charge is 2.17. The summed E-state index contributed by atoms with van der Waals surface area (Å²) in [4.78, 5) is 12.0. The second kappa shape index (κ2) is 7.28. The summed E-state index contributed by atoms with van der Waals surface area (Å²) >= 11 is 0. The summed E-state index contributed by atoms with van der Waals surface area (Å²) in [6.07, 6.45) is 1.82. The zero-order valence-electron chi connectivity index (χ0n) is 13.4. The lowest BCUT2D eigenvalue weighted by Gasteiger charge is -2.25. The Hall–Kier alpha value is -2.34. The highest BCUT2D eigenvalue weighted by molar-refractivity contribution is 5.94. The van der Waals surface area contributed by atoms with Crippen molar-refractivity contribution in [2.75, 3.05) is 31.5 Å². The maximum atomic E-state index is 12.0. The van der Waals surface area contributed by atoms with Crippen molar-refractivity contribution in [1.82, 2.24) is 20.4 Å². The third-order valence-electron chi connectivity index (χ3n) is 4.05. The molecule has 1 aliphatic rings. The van der Waals surface area contributed by atoms with E-state index in [1.54, 1.807) is 0 Å². The van der Waals surface area contributed by atoms with E-state index < -0.39 is 0 Å². The Morgan fingerprint density at radius 2 is 2.13 bits per heavy atom. The van der Waals surface area contributed by atoms with Gasteiger partial charge in [0.05, 0.1) is 6.20 Å². The average molecular weight is 313 g/mol. The molecule has 1 atom stereocenters. The van der Waals surface area contributed by atoms with Gasteiger partial charge >= 0.3 is 0 Å². The van der Waals surface area contributed by atoms with Crippen molar-refractivity contribution < 1.29 is 4.79 Å². The molecule has 2 aromatic rings. The van der Waals surface area contributed by atoms with Gasteiger partial charge in [-0.3, -0.25) is 4.79 Å². The van der Waals surface area contributed by atoms with Gasteiger partial charge in [0, 0.05) is 50.3 Å². The molecule has 23 heavy (non-hydrogen) atoms. The zero-order chi connectivity index (χ0) is 16.1. The van der Waals surface area contributed by atoms with Gasteiger partial charge in [-0.15, -0.1) is 0 Å². The van der Waals surface area contributed by atoms with Gasteiger partial charge in [0.25, 0.3) is 5.91 Å². The Morgan fingerprint density at radius 1 is 1.30 bits per heavy atom. The van der Waals surface area contributed by atoms with Crippen LogP contribution < -0.4 is 16.0 Å². The number of anilines is 1. The lowest BCUT2D eigenvalue weighted by Crippen LogP contribution is -2.38. The largest absolute Gasteiger partial charge is 0.370 e. The summed E-state index contributed by atoms with van der Waals surface area (Å²) in [6.45, 7) is 6.19. The van der Waals surface area contributed by atoms with Crippen molar-refractivity contribution >= 4 is 11.7 Å². The first-order valence-corrected chi connectivity index (χ1v) is 8.03. The van der Waals surface area contributed by atoms with Crippen LogP contribution in [0.2, 0.25) is 0 Å². The number of nitrogens with zero attached hydrogens (tertiary/aromatic N) is 2. The van der Waals surface area contributed by atoms with Crippen LogP contribution in [0.4, 0.5) is 5.82 Å². The van der Waals surface area contributed by atoms with Gasteiger partial charge in [-0.1, -0.05) is 17.7 Å². The molecule has 1 aliphatic heterocycles. The first-order chi connectivity index (χ1) is 11.2. The number of aryl methyl sites for hydroxylation is 1. The monoisotopic (exact) mass is 313 g/mol. The van der Waals surface area contributed by atoms with E-state index in [1.807, 2.05) is 48.1 Å². The second-order valence-corrected chi connectivity index (χ2v) is 5.97. The minimum absolute atomic E-state index is 0.0210. The number of carbonyl (C=O) groups is 1. The number of aromatic nitrogens is 2. The SMILES string of the molecule is Cc1ccc(C(=O)NCCNC[C@@H]2CNc3ccnn3C2)cc1. The van der Waals surface area contributed by atoms with Crippen molar-refractivity contribution in [1.29, 1.82) is 0 Å². The molecule has 0 spiro atoms. The number of nitrogens with one attached hydrogen (secondary N) is 3. The number of amides is 1. The van der Waals surface area contributed by atoms with Gasteiger partial charge in [-0.2, -0.15) is 5.10 Å². The van der Waals surface area contributed by atoms with E-state index in [2.05, 4.69) is 21.0 Å². The van der Waals surface area contributed by atoms with E-state index in [1.165, 1.54) is 0 Å². The van der Waals surface area contributed by atoms with Crippen molar-refractivity contribution in [3.05, 3.63) is 47.7 Å². The molecule has 3 rings (SSSR count). The van der Waals surface area contributed by atoms with E-state index >= 15 is 0 Å². The van der Waals surface area contributed by atoms with Crippen molar-refractivity contribution in [3.63, 3.8) is 0 Å². The normalized spacial score (nSPS) is 16.5. The Bertz CT molecular complexity index is 649. The van der Waals surface area contributed by atoms with E-state index in [0.717, 1.165) is 37.6 Å². The fraction of sp³-hybridized carbons (Fsp3) is 0.412. The molecule has 6 heteroatoms. The number of fused-ring (bicyclic) bond motifs is 1. The Morgan fingerprint density at radius 3 is 2.96 bits per heavy atom. The molecule has 0 bridgehead atoms. The van der Waals surface area contributed by atoms with E-state index in [-0.39, 0.29) is 5.91 Å². The van der Waals surface area contributed by atoms with Crippen molar-refractivity contribution in [2.24, 2.45) is 5.92 Å². The van der Waals surface area contributed by atoms with Gasteiger partial charge in [0.1, 0.15) is 5.82 Å². The summed E-state index contributed by atoms with van der Waals surface area (Å²) < 4.78 is 2.00. The predicted octanol–water partition coefficient (Wildman–Crippen LogP) is 1.25. The van der Waals surface area contributed by atoms with Gasteiger partial charge in [0.2, 0.25) is 0 Å². The molecule has 3 N–H and O–H groups in total. The molecule has 0 saturated carbocycles. The molecule has 122 valence electrons. The average Bonchev–Trinajstić information content (AvgIpc) is 3.02. The fourth-order valence-electron chi connectivity index (χ4n) is 2.70. The molecule has 0 fully saturated rings. The Kier molecular flexibility index (Phi) is 4.92. The van der Waals surface area contributed by atoms with Crippen LogP contribution in [0.3, 0.4) is 0 Å². The minimum Gasteiger partial charge on any atom is -0.370 e. The van der Waals surface area contributed by atoms with Crippen LogP contribution in [-0.4, -0.2) is 41.9 Å². The van der Waals surface area contributed by atoms with Crippen LogP contribution in [0, 0.1) is 12.8 Å². The molecule has 1 amide bonds. The summed E-state index contributed by atoms with van der Waals surface area (Å²) in [5, 5.41) is 14.0. The maximum Gasteiger partial charge on any atom is 0.251 e.